The van der Waals surface area contributed by atoms with Crippen molar-refractivity contribution in [2.45, 2.75) is 11.1 Å². The average Bonchev–Trinajstić information content (AvgIpc) is 2.54. The van der Waals surface area contributed by atoms with Crippen LogP contribution in [0.15, 0.2) is 65.7 Å². The molecule has 24 heavy (non-hydrogen) atoms. The Balaban J connectivity index is 2.10. The van der Waals surface area contributed by atoms with Gasteiger partial charge in [-0.1, -0.05) is 30.3 Å². The van der Waals surface area contributed by atoms with E-state index in [0.717, 1.165) is 12.1 Å². The zero-order valence-corrected chi connectivity index (χ0v) is 12.8. The Morgan fingerprint density at radius 3 is 2.38 bits per heavy atom. The molecule has 0 unspecified atom stereocenters. The third-order valence-corrected chi connectivity index (χ3v) is 4.55. The van der Waals surface area contributed by atoms with Crippen LogP contribution in [0.1, 0.15) is 5.56 Å². The van der Waals surface area contributed by atoms with E-state index in [-0.39, 0.29) is 11.3 Å². The van der Waals surface area contributed by atoms with E-state index in [4.69, 9.17) is 4.18 Å². The summed E-state index contributed by atoms with van der Waals surface area (Å²) >= 11 is 0. The fourth-order valence-electron chi connectivity index (χ4n) is 2.23. The Bertz CT molecular complexity index is 995. The van der Waals surface area contributed by atoms with E-state index < -0.39 is 26.8 Å². The quantitative estimate of drug-likeness (QED) is 0.668. The number of rotatable bonds is 3. The highest BCUT2D eigenvalue weighted by atomic mass is 32.2. The highest BCUT2D eigenvalue weighted by Gasteiger charge is 2.37. The van der Waals surface area contributed by atoms with Crippen molar-refractivity contribution in [3.8, 4) is 5.75 Å². The maximum atomic E-state index is 13.0. The van der Waals surface area contributed by atoms with Crippen molar-refractivity contribution >= 4 is 21.0 Å². The molecule has 3 aromatic rings. The number of aromatic nitrogens is 1. The second-order valence-electron chi connectivity index (χ2n) is 4.86. The van der Waals surface area contributed by atoms with Crippen LogP contribution in [0.4, 0.5) is 13.2 Å². The summed E-state index contributed by atoms with van der Waals surface area (Å²) in [5, 5.41) is 0.606. The summed E-state index contributed by atoms with van der Waals surface area (Å²) in [5.41, 5.74) is -1.04. The van der Waals surface area contributed by atoms with Gasteiger partial charge in [-0.2, -0.15) is 21.6 Å². The van der Waals surface area contributed by atoms with Crippen LogP contribution in [0.5, 0.6) is 5.75 Å². The van der Waals surface area contributed by atoms with Gasteiger partial charge in [0.1, 0.15) is 10.4 Å². The zero-order chi connectivity index (χ0) is 17.4. The minimum Gasteiger partial charge on any atom is -0.377 e. The molecular formula is C16H10F3NO3S. The Morgan fingerprint density at radius 1 is 0.917 bits per heavy atom. The van der Waals surface area contributed by atoms with Crippen LogP contribution < -0.4 is 4.18 Å². The van der Waals surface area contributed by atoms with Crippen LogP contribution in [0.25, 0.3) is 10.9 Å². The molecule has 1 aromatic heterocycles. The van der Waals surface area contributed by atoms with E-state index in [9.17, 15) is 21.6 Å². The monoisotopic (exact) mass is 353 g/mol. The topological polar surface area (TPSA) is 56.3 Å². The third-order valence-electron chi connectivity index (χ3n) is 3.26. The molecule has 0 saturated heterocycles. The number of hydrogen-bond acceptors (Lipinski definition) is 4. The Morgan fingerprint density at radius 2 is 1.62 bits per heavy atom. The maximum absolute atomic E-state index is 13.0. The lowest BCUT2D eigenvalue weighted by Crippen LogP contribution is -2.17. The fourth-order valence-corrected chi connectivity index (χ4v) is 3.38. The van der Waals surface area contributed by atoms with Gasteiger partial charge in [-0.25, -0.2) is 0 Å². The molecule has 8 heteroatoms. The lowest BCUT2D eigenvalue weighted by atomic mass is 10.2. The van der Waals surface area contributed by atoms with Crippen LogP contribution in [0, 0.1) is 0 Å². The van der Waals surface area contributed by atoms with Gasteiger partial charge in [-0.15, -0.1) is 0 Å². The number of pyridine rings is 1. The van der Waals surface area contributed by atoms with Crippen molar-refractivity contribution in [1.82, 2.24) is 4.98 Å². The van der Waals surface area contributed by atoms with Gasteiger partial charge in [0.15, 0.2) is 5.75 Å². The van der Waals surface area contributed by atoms with Gasteiger partial charge in [-0.3, -0.25) is 4.98 Å². The summed E-state index contributed by atoms with van der Waals surface area (Å²) in [7, 11) is -4.68. The number of alkyl halides is 3. The van der Waals surface area contributed by atoms with E-state index in [1.54, 1.807) is 18.2 Å². The van der Waals surface area contributed by atoms with Gasteiger partial charge in [-0.05, 0) is 24.3 Å². The highest BCUT2D eigenvalue weighted by molar-refractivity contribution is 7.87. The Hall–Kier alpha value is -2.61. The number of hydrogen-bond donors (Lipinski definition) is 0. The van der Waals surface area contributed by atoms with Crippen molar-refractivity contribution < 1.29 is 25.8 Å². The zero-order valence-electron chi connectivity index (χ0n) is 12.0. The first kappa shape index (κ1) is 16.3. The van der Waals surface area contributed by atoms with Gasteiger partial charge in [0.25, 0.3) is 0 Å². The molecule has 0 aliphatic rings. The minimum atomic E-state index is -4.82. The molecular weight excluding hydrogens is 343 g/mol. The smallest absolute Gasteiger partial charge is 0.377 e. The summed E-state index contributed by atoms with van der Waals surface area (Å²) in [4.78, 5) is 3.08. The minimum absolute atomic E-state index is 0.134. The number of para-hydroxylation sites is 1. The maximum Gasteiger partial charge on any atom is 0.417 e. The molecule has 0 saturated carbocycles. The largest absolute Gasteiger partial charge is 0.417 e. The first-order valence-electron chi connectivity index (χ1n) is 6.73. The van der Waals surface area contributed by atoms with E-state index in [1.807, 2.05) is 0 Å². The predicted molar refractivity (Wildman–Crippen MR) is 81.0 cm³/mol. The van der Waals surface area contributed by atoms with Crippen LogP contribution in [-0.2, 0) is 16.3 Å². The van der Waals surface area contributed by atoms with Crippen molar-refractivity contribution in [1.29, 1.82) is 0 Å². The molecule has 0 fully saturated rings. The molecule has 0 amide bonds. The fraction of sp³-hybridized carbons (Fsp3) is 0.0625. The molecule has 0 radical (unpaired) electrons. The third kappa shape index (κ3) is 3.05. The van der Waals surface area contributed by atoms with Crippen LogP contribution >= 0.6 is 0 Å². The van der Waals surface area contributed by atoms with Crippen molar-refractivity contribution in [3.05, 3.63) is 66.4 Å². The van der Waals surface area contributed by atoms with Gasteiger partial charge < -0.3 is 4.18 Å². The van der Waals surface area contributed by atoms with E-state index >= 15 is 0 Å². The molecule has 4 nitrogen and oxygen atoms in total. The summed E-state index contributed by atoms with van der Waals surface area (Å²) in [5.74, 6) is -0.134. The molecule has 0 spiro atoms. The second-order valence-corrected chi connectivity index (χ2v) is 6.38. The Kier molecular flexibility index (Phi) is 3.92. The number of nitrogens with zero attached hydrogens (tertiary/aromatic N) is 1. The first-order chi connectivity index (χ1) is 11.3. The molecule has 0 aliphatic heterocycles. The standard InChI is InChI=1S/C16H10F3NO3S/c17-16(18,19)12-7-1-2-9-14(12)24(21,22)23-13-8-3-5-11-6-4-10-20-15(11)13/h1-10H. The number of fused-ring (bicyclic) bond motifs is 1. The lowest BCUT2D eigenvalue weighted by Gasteiger charge is -2.14. The molecule has 0 N–H and O–H groups in total. The molecule has 0 atom stereocenters. The SMILES string of the molecule is O=S(=O)(Oc1cccc2cccnc12)c1ccccc1C(F)(F)F. The number of benzene rings is 2. The van der Waals surface area contributed by atoms with Crippen molar-refractivity contribution in [3.63, 3.8) is 0 Å². The molecule has 124 valence electrons. The summed E-state index contributed by atoms with van der Waals surface area (Å²) in [6.07, 6.45) is -3.38. The first-order valence-corrected chi connectivity index (χ1v) is 8.14. The number of halogens is 3. The summed E-state index contributed by atoms with van der Waals surface area (Å²) in [6, 6.07) is 11.8. The molecule has 1 heterocycles. The van der Waals surface area contributed by atoms with Crippen molar-refractivity contribution in [2.24, 2.45) is 0 Å². The second kappa shape index (κ2) is 5.79. The van der Waals surface area contributed by atoms with Gasteiger partial charge in [0.05, 0.1) is 5.56 Å². The predicted octanol–water partition coefficient (Wildman–Crippen LogP) is 4.02. The molecule has 0 bridgehead atoms. The summed E-state index contributed by atoms with van der Waals surface area (Å²) < 4.78 is 68.8. The highest BCUT2D eigenvalue weighted by Crippen LogP contribution is 2.35. The van der Waals surface area contributed by atoms with Crippen LogP contribution in [0.2, 0.25) is 0 Å². The normalized spacial score (nSPS) is 12.3. The van der Waals surface area contributed by atoms with Gasteiger partial charge in [0.2, 0.25) is 0 Å². The van der Waals surface area contributed by atoms with E-state index in [0.29, 0.717) is 11.5 Å². The molecule has 0 aliphatic carbocycles. The Labute approximate surface area is 135 Å². The lowest BCUT2D eigenvalue weighted by molar-refractivity contribution is -0.139. The van der Waals surface area contributed by atoms with E-state index in [1.165, 1.54) is 24.4 Å². The van der Waals surface area contributed by atoms with Crippen molar-refractivity contribution in [2.75, 3.05) is 0 Å². The van der Waals surface area contributed by atoms with Gasteiger partial charge in [0, 0.05) is 11.6 Å². The van der Waals surface area contributed by atoms with Crippen LogP contribution in [0.3, 0.4) is 0 Å². The van der Waals surface area contributed by atoms with E-state index in [2.05, 4.69) is 4.98 Å². The average molecular weight is 353 g/mol. The molecule has 3 rings (SSSR count). The van der Waals surface area contributed by atoms with Gasteiger partial charge >= 0.3 is 16.3 Å². The molecule has 2 aromatic carbocycles. The van der Waals surface area contributed by atoms with Crippen LogP contribution in [-0.4, -0.2) is 13.4 Å². The summed E-state index contributed by atoms with van der Waals surface area (Å²) in [6.45, 7) is 0.